The molecule has 0 radical (unpaired) electrons. The number of hydrogen-bond donors (Lipinski definition) is 1. The third-order valence-electron chi connectivity index (χ3n) is 7.21. The number of nitrogens with one attached hydrogen (secondary N) is 1. The quantitative estimate of drug-likeness (QED) is 0.315. The Balaban J connectivity index is 1.72. The smallest absolute Gasteiger partial charge is 0.255 e. The van der Waals surface area contributed by atoms with Gasteiger partial charge in [0.15, 0.2) is 5.65 Å². The van der Waals surface area contributed by atoms with Gasteiger partial charge in [-0.1, -0.05) is 91.0 Å². The number of carbonyl (C=O) groups excluding carboxylic acids is 1. The first kappa shape index (κ1) is 22.2. The Kier molecular flexibility index (Phi) is 5.22. The van der Waals surface area contributed by atoms with Crippen LogP contribution in [0, 0.1) is 6.92 Å². The first-order valence-corrected chi connectivity index (χ1v) is 12.4. The zero-order valence-electron chi connectivity index (χ0n) is 20.5. The molecule has 1 aliphatic rings. The number of fused-ring (bicyclic) bond motifs is 1. The minimum Gasteiger partial charge on any atom is -0.347 e. The van der Waals surface area contributed by atoms with E-state index >= 15 is 0 Å². The Bertz CT molecular complexity index is 1440. The molecule has 0 saturated heterocycles. The van der Waals surface area contributed by atoms with Gasteiger partial charge in [0.05, 0.1) is 17.5 Å². The highest BCUT2D eigenvalue weighted by Crippen LogP contribution is 2.43. The molecule has 178 valence electrons. The molecule has 0 atom stereocenters. The fraction of sp³-hybridized carbons (Fsp3) is 0.194. The monoisotopic (exact) mass is 472 g/mol. The van der Waals surface area contributed by atoms with Crippen molar-refractivity contribution in [1.82, 2.24) is 19.9 Å². The third kappa shape index (κ3) is 3.59. The summed E-state index contributed by atoms with van der Waals surface area (Å²) >= 11 is 0. The maximum atomic E-state index is 13.6. The highest BCUT2D eigenvalue weighted by atomic mass is 16.1. The topological polar surface area (TPSA) is 59.8 Å². The van der Waals surface area contributed by atoms with Gasteiger partial charge in [0.1, 0.15) is 11.1 Å². The van der Waals surface area contributed by atoms with Gasteiger partial charge >= 0.3 is 0 Å². The second-order valence-electron chi connectivity index (χ2n) is 9.92. The second kappa shape index (κ2) is 8.45. The number of hydrogen-bond acceptors (Lipinski definition) is 3. The summed E-state index contributed by atoms with van der Waals surface area (Å²) in [5.74, 6) is -0.110. The predicted octanol–water partition coefficient (Wildman–Crippen LogP) is 5.86. The van der Waals surface area contributed by atoms with Gasteiger partial charge in [-0.2, -0.15) is 0 Å². The zero-order chi connectivity index (χ0) is 24.8. The molecule has 5 aromatic rings. The van der Waals surface area contributed by atoms with Gasteiger partial charge in [0.25, 0.3) is 5.91 Å². The number of carbonyl (C=O) groups is 1. The van der Waals surface area contributed by atoms with Gasteiger partial charge in [-0.05, 0) is 43.4 Å². The van der Waals surface area contributed by atoms with Gasteiger partial charge in [-0.3, -0.25) is 4.79 Å². The minimum absolute atomic E-state index is 0.110. The molecule has 0 spiro atoms. The van der Waals surface area contributed by atoms with Crippen LogP contribution in [0.15, 0.2) is 103 Å². The lowest BCUT2D eigenvalue weighted by Gasteiger charge is -2.38. The molecule has 1 amide bonds. The van der Waals surface area contributed by atoms with Crippen LogP contribution in [0.4, 0.5) is 0 Å². The van der Waals surface area contributed by atoms with Gasteiger partial charge in [-0.25, -0.2) is 9.97 Å². The van der Waals surface area contributed by atoms with E-state index in [9.17, 15) is 4.79 Å². The largest absolute Gasteiger partial charge is 0.347 e. The number of benzene rings is 3. The number of rotatable bonds is 6. The van der Waals surface area contributed by atoms with E-state index in [4.69, 9.17) is 9.97 Å². The van der Waals surface area contributed by atoms with Crippen molar-refractivity contribution >= 4 is 17.1 Å². The predicted molar refractivity (Wildman–Crippen MR) is 142 cm³/mol. The molecule has 5 nitrogen and oxygen atoms in total. The molecule has 0 bridgehead atoms. The van der Waals surface area contributed by atoms with Crippen molar-refractivity contribution < 1.29 is 4.79 Å². The van der Waals surface area contributed by atoms with Gasteiger partial charge in [-0.15, -0.1) is 0 Å². The molecule has 6 rings (SSSR count). The molecule has 1 N–H and O–H groups in total. The fourth-order valence-electron chi connectivity index (χ4n) is 5.11. The molecule has 0 aliphatic heterocycles. The van der Waals surface area contributed by atoms with Crippen molar-refractivity contribution in [3.63, 3.8) is 0 Å². The molecule has 1 aliphatic carbocycles. The molecule has 0 unspecified atom stereocenters. The molecule has 36 heavy (non-hydrogen) atoms. The van der Waals surface area contributed by atoms with E-state index in [0.29, 0.717) is 16.7 Å². The van der Waals surface area contributed by atoms with Crippen molar-refractivity contribution in [3.8, 4) is 0 Å². The van der Waals surface area contributed by atoms with Crippen LogP contribution in [0.1, 0.15) is 52.5 Å². The minimum atomic E-state index is -0.770. The lowest BCUT2D eigenvalue weighted by Crippen LogP contribution is -2.38. The van der Waals surface area contributed by atoms with Crippen LogP contribution in [-0.4, -0.2) is 26.0 Å². The molecular formula is C31H28N4O. The number of aryl methyl sites for hydroxylation is 1. The zero-order valence-corrected chi connectivity index (χ0v) is 20.5. The van der Waals surface area contributed by atoms with Gasteiger partial charge in [0, 0.05) is 11.7 Å². The maximum absolute atomic E-state index is 13.6. The number of amides is 1. The summed E-state index contributed by atoms with van der Waals surface area (Å²) < 4.78 is 2.14. The van der Waals surface area contributed by atoms with Crippen molar-refractivity contribution in [2.24, 2.45) is 0 Å². The van der Waals surface area contributed by atoms with Crippen molar-refractivity contribution in [1.29, 1.82) is 0 Å². The number of nitrogens with zero attached hydrogens (tertiary/aromatic N) is 3. The Hall–Kier alpha value is -4.25. The standard InChI is InChI=1S/C31H28N4O/c1-22-20-32-28-27(33-22)26(29(36)34-30(2)18-19-30)21-35(28)31(23-12-6-3-7-13-23,24-14-8-4-9-15-24)25-16-10-5-11-17-25/h3-17,20-21H,18-19H2,1-2H3,(H,34,36). The molecule has 3 aromatic carbocycles. The van der Waals surface area contributed by atoms with Crippen LogP contribution in [0.5, 0.6) is 0 Å². The van der Waals surface area contributed by atoms with E-state index in [1.165, 1.54) is 0 Å². The Labute approximate surface area is 210 Å². The van der Waals surface area contributed by atoms with Crippen LogP contribution < -0.4 is 5.32 Å². The molecule has 2 heterocycles. The van der Waals surface area contributed by atoms with E-state index in [0.717, 1.165) is 35.2 Å². The average Bonchev–Trinajstić information content (AvgIpc) is 3.52. The first-order valence-electron chi connectivity index (χ1n) is 12.4. The Morgan fingerprint density at radius 3 is 1.83 bits per heavy atom. The molecule has 1 saturated carbocycles. The summed E-state index contributed by atoms with van der Waals surface area (Å²) in [6, 6.07) is 31.2. The van der Waals surface area contributed by atoms with Crippen LogP contribution in [0.25, 0.3) is 11.2 Å². The molecular weight excluding hydrogens is 444 g/mol. The van der Waals surface area contributed by atoms with Crippen LogP contribution >= 0.6 is 0 Å². The summed E-state index contributed by atoms with van der Waals surface area (Å²) in [6.07, 6.45) is 5.70. The van der Waals surface area contributed by atoms with Crippen LogP contribution in [0.3, 0.4) is 0 Å². The molecule has 1 fully saturated rings. The van der Waals surface area contributed by atoms with E-state index in [2.05, 4.69) is 89.6 Å². The van der Waals surface area contributed by atoms with E-state index < -0.39 is 5.54 Å². The van der Waals surface area contributed by atoms with Crippen molar-refractivity contribution in [3.05, 3.63) is 131 Å². The molecule has 5 heteroatoms. The number of aromatic nitrogens is 3. The third-order valence-corrected chi connectivity index (χ3v) is 7.21. The summed E-state index contributed by atoms with van der Waals surface area (Å²) in [5, 5.41) is 3.22. The SMILES string of the molecule is Cc1cnc2c(n1)c(C(=O)NC1(C)CC1)cn2C(c1ccccc1)(c1ccccc1)c1ccccc1. The fourth-order valence-corrected chi connectivity index (χ4v) is 5.11. The second-order valence-corrected chi connectivity index (χ2v) is 9.92. The van der Waals surface area contributed by atoms with Gasteiger partial charge < -0.3 is 9.88 Å². The van der Waals surface area contributed by atoms with E-state index in [-0.39, 0.29) is 11.4 Å². The summed E-state index contributed by atoms with van der Waals surface area (Å²) in [5.41, 5.74) is 4.91. The van der Waals surface area contributed by atoms with Crippen LogP contribution in [-0.2, 0) is 5.54 Å². The van der Waals surface area contributed by atoms with Crippen LogP contribution in [0.2, 0.25) is 0 Å². The highest BCUT2D eigenvalue weighted by molar-refractivity contribution is 6.05. The lowest BCUT2D eigenvalue weighted by atomic mass is 9.76. The average molecular weight is 473 g/mol. The first-order chi connectivity index (χ1) is 17.5. The highest BCUT2D eigenvalue weighted by Gasteiger charge is 2.42. The van der Waals surface area contributed by atoms with E-state index in [1.807, 2.05) is 31.3 Å². The lowest BCUT2D eigenvalue weighted by molar-refractivity contribution is 0.0936. The van der Waals surface area contributed by atoms with Crippen molar-refractivity contribution in [2.45, 2.75) is 37.8 Å². The summed E-state index contributed by atoms with van der Waals surface area (Å²) in [4.78, 5) is 23.3. The Morgan fingerprint density at radius 1 is 0.861 bits per heavy atom. The van der Waals surface area contributed by atoms with Gasteiger partial charge in [0.2, 0.25) is 0 Å². The summed E-state index contributed by atoms with van der Waals surface area (Å²) in [7, 11) is 0. The normalized spacial score (nSPS) is 14.5. The van der Waals surface area contributed by atoms with E-state index in [1.54, 1.807) is 6.20 Å². The Morgan fingerprint density at radius 2 is 1.36 bits per heavy atom. The summed E-state index contributed by atoms with van der Waals surface area (Å²) in [6.45, 7) is 4.00. The van der Waals surface area contributed by atoms with Crippen molar-refractivity contribution in [2.75, 3.05) is 0 Å². The maximum Gasteiger partial charge on any atom is 0.255 e. The molecule has 2 aromatic heterocycles.